The first kappa shape index (κ1) is 18.4. The van der Waals surface area contributed by atoms with Gasteiger partial charge in [0.1, 0.15) is 17.0 Å². The number of aromatic hydroxyl groups is 1. The monoisotopic (exact) mass is 390 g/mol. The van der Waals surface area contributed by atoms with Gasteiger partial charge in [0.15, 0.2) is 5.82 Å². The van der Waals surface area contributed by atoms with Gasteiger partial charge in [-0.1, -0.05) is 0 Å². The van der Waals surface area contributed by atoms with Crippen LogP contribution in [0.15, 0.2) is 30.5 Å². The molecule has 3 N–H and O–H groups in total. The first-order chi connectivity index (χ1) is 13.2. The molecule has 28 heavy (non-hydrogen) atoms. The van der Waals surface area contributed by atoms with Crippen molar-refractivity contribution in [3.63, 3.8) is 0 Å². The van der Waals surface area contributed by atoms with E-state index in [4.69, 9.17) is 0 Å². The van der Waals surface area contributed by atoms with Crippen LogP contribution < -0.4 is 5.32 Å². The number of aryl methyl sites for hydroxylation is 1. The molecular weight excluding hydrogens is 373 g/mol. The minimum Gasteiger partial charge on any atom is -0.507 e. The lowest BCUT2D eigenvalue weighted by Crippen LogP contribution is -2.39. The van der Waals surface area contributed by atoms with Gasteiger partial charge in [-0.15, -0.1) is 10.2 Å². The highest BCUT2D eigenvalue weighted by molar-refractivity contribution is 5.99. The third-order valence-electron chi connectivity index (χ3n) is 4.87. The molecule has 0 atom stereocenters. The Balaban J connectivity index is 1.82. The summed E-state index contributed by atoms with van der Waals surface area (Å²) in [5.41, 5.74) is 0.237. The largest absolute Gasteiger partial charge is 0.507 e. The Morgan fingerprint density at radius 1 is 1.18 bits per heavy atom. The van der Waals surface area contributed by atoms with Gasteiger partial charge in [-0.2, -0.15) is 13.2 Å². The predicted molar refractivity (Wildman–Crippen MR) is 96.8 cm³/mol. The van der Waals surface area contributed by atoms with Crippen LogP contribution in [0, 0.1) is 6.92 Å². The quantitative estimate of drug-likeness (QED) is 0.632. The van der Waals surface area contributed by atoms with Crippen LogP contribution in [0.2, 0.25) is 0 Å². The molecule has 6 nitrogen and oxygen atoms in total. The van der Waals surface area contributed by atoms with Crippen LogP contribution in [-0.2, 0) is 6.18 Å². The maximum atomic E-state index is 13.0. The fraction of sp³-hybridized carbons (Fsp3) is 0.316. The highest BCUT2D eigenvalue weighted by Gasteiger charge is 2.33. The van der Waals surface area contributed by atoms with Crippen LogP contribution in [0.4, 0.5) is 19.0 Å². The fourth-order valence-corrected chi connectivity index (χ4v) is 3.41. The summed E-state index contributed by atoms with van der Waals surface area (Å²) < 4.78 is 39.0. The Labute approximate surface area is 158 Å². The van der Waals surface area contributed by atoms with Crippen LogP contribution in [0.25, 0.3) is 22.2 Å². The number of fused-ring (bicyclic) bond motifs is 1. The van der Waals surface area contributed by atoms with Crippen molar-refractivity contribution in [2.24, 2.45) is 0 Å². The summed E-state index contributed by atoms with van der Waals surface area (Å²) in [6.45, 7) is 1.48. The molecule has 1 saturated carbocycles. The Bertz CT molecular complexity index is 1030. The number of hydrogen-bond donors (Lipinski definition) is 3. The van der Waals surface area contributed by atoms with Gasteiger partial charge in [-0.05, 0) is 49.6 Å². The molecule has 0 radical (unpaired) electrons. The van der Waals surface area contributed by atoms with Gasteiger partial charge in [0.2, 0.25) is 0 Å². The molecule has 1 aliphatic carbocycles. The Morgan fingerprint density at radius 3 is 2.57 bits per heavy atom. The number of aromatic nitrogens is 3. The SMILES string of the molecule is Cc1cc(C(F)(F)F)cc(O)c1-c1nnc(NC2CC(O)C2)c2ncccc12. The van der Waals surface area contributed by atoms with E-state index < -0.39 is 17.5 Å². The molecule has 0 unspecified atom stereocenters. The summed E-state index contributed by atoms with van der Waals surface area (Å²) >= 11 is 0. The van der Waals surface area contributed by atoms with E-state index in [0.717, 1.165) is 6.07 Å². The summed E-state index contributed by atoms with van der Waals surface area (Å²) in [5.74, 6) is -0.0880. The molecule has 2 heterocycles. The highest BCUT2D eigenvalue weighted by atomic mass is 19.4. The van der Waals surface area contributed by atoms with E-state index in [1.165, 1.54) is 6.92 Å². The molecule has 2 aromatic heterocycles. The zero-order chi connectivity index (χ0) is 20.1. The molecule has 1 aliphatic rings. The molecule has 0 aliphatic heterocycles. The molecular formula is C19H17F3N4O2. The lowest BCUT2D eigenvalue weighted by molar-refractivity contribution is -0.137. The van der Waals surface area contributed by atoms with Gasteiger partial charge < -0.3 is 15.5 Å². The lowest BCUT2D eigenvalue weighted by atomic mass is 9.89. The highest BCUT2D eigenvalue weighted by Crippen LogP contribution is 2.40. The zero-order valence-electron chi connectivity index (χ0n) is 14.8. The van der Waals surface area contributed by atoms with E-state index in [9.17, 15) is 23.4 Å². The number of benzene rings is 1. The zero-order valence-corrected chi connectivity index (χ0v) is 14.8. The standard InChI is InChI=1S/C19H17F3N4O2/c1-9-5-10(19(20,21)22)6-14(28)15(9)16-13-3-2-4-23-17(13)18(26-25-16)24-11-7-12(27)8-11/h2-6,11-12,27-28H,7-8H2,1H3,(H,24,26). The van der Waals surface area contributed by atoms with Gasteiger partial charge in [0.25, 0.3) is 0 Å². The van der Waals surface area contributed by atoms with Crippen molar-refractivity contribution in [1.82, 2.24) is 15.2 Å². The van der Waals surface area contributed by atoms with E-state index in [2.05, 4.69) is 20.5 Å². The molecule has 1 fully saturated rings. The second-order valence-corrected chi connectivity index (χ2v) is 6.95. The average molecular weight is 390 g/mol. The van der Waals surface area contributed by atoms with E-state index in [-0.39, 0.29) is 29.0 Å². The molecule has 1 aromatic carbocycles. The van der Waals surface area contributed by atoms with Crippen LogP contribution in [0.5, 0.6) is 5.75 Å². The Hall–Kier alpha value is -2.94. The summed E-state index contributed by atoms with van der Waals surface area (Å²) in [5, 5.41) is 31.8. The van der Waals surface area contributed by atoms with Gasteiger partial charge in [0, 0.05) is 23.2 Å². The van der Waals surface area contributed by atoms with Gasteiger partial charge >= 0.3 is 6.18 Å². The molecule has 0 bridgehead atoms. The first-order valence-electron chi connectivity index (χ1n) is 8.71. The topological polar surface area (TPSA) is 91.2 Å². The number of phenols is 1. The van der Waals surface area contributed by atoms with Crippen molar-refractivity contribution >= 4 is 16.7 Å². The minimum absolute atomic E-state index is 0.0570. The van der Waals surface area contributed by atoms with E-state index in [1.54, 1.807) is 18.3 Å². The minimum atomic E-state index is -4.56. The summed E-state index contributed by atoms with van der Waals surface area (Å²) in [7, 11) is 0. The van der Waals surface area contributed by atoms with Crippen molar-refractivity contribution in [3.8, 4) is 17.0 Å². The van der Waals surface area contributed by atoms with Crippen molar-refractivity contribution in [3.05, 3.63) is 41.6 Å². The summed E-state index contributed by atoms with van der Waals surface area (Å²) in [4.78, 5) is 4.32. The summed E-state index contributed by atoms with van der Waals surface area (Å²) in [6.07, 6.45) is -2.13. The molecule has 0 amide bonds. The smallest absolute Gasteiger partial charge is 0.416 e. The number of nitrogens with one attached hydrogen (secondary N) is 1. The lowest BCUT2D eigenvalue weighted by Gasteiger charge is -2.32. The number of pyridine rings is 1. The number of anilines is 1. The third kappa shape index (κ3) is 3.22. The Morgan fingerprint density at radius 2 is 1.93 bits per heavy atom. The van der Waals surface area contributed by atoms with Crippen molar-refractivity contribution in [2.45, 2.75) is 38.1 Å². The third-order valence-corrected chi connectivity index (χ3v) is 4.87. The molecule has 4 rings (SSSR count). The summed E-state index contributed by atoms with van der Waals surface area (Å²) in [6, 6.07) is 5.13. The van der Waals surface area contributed by atoms with Gasteiger partial charge in [0.05, 0.1) is 11.7 Å². The van der Waals surface area contributed by atoms with Crippen molar-refractivity contribution in [2.75, 3.05) is 5.32 Å². The maximum Gasteiger partial charge on any atom is 0.416 e. The Kier molecular flexibility index (Phi) is 4.34. The number of phenolic OH excluding ortho intramolecular Hbond substituents is 1. The van der Waals surface area contributed by atoms with Crippen molar-refractivity contribution < 1.29 is 23.4 Å². The van der Waals surface area contributed by atoms with E-state index in [1.807, 2.05) is 0 Å². The molecule has 3 aromatic rings. The maximum absolute atomic E-state index is 13.0. The van der Waals surface area contributed by atoms with Crippen LogP contribution in [0.3, 0.4) is 0 Å². The van der Waals surface area contributed by atoms with Crippen LogP contribution in [-0.4, -0.2) is 37.5 Å². The predicted octanol–water partition coefficient (Wildman–Crippen LogP) is 3.66. The molecule has 0 saturated heterocycles. The second-order valence-electron chi connectivity index (χ2n) is 6.95. The van der Waals surface area contributed by atoms with E-state index in [0.29, 0.717) is 35.6 Å². The number of hydrogen-bond acceptors (Lipinski definition) is 6. The van der Waals surface area contributed by atoms with Crippen LogP contribution >= 0.6 is 0 Å². The second kappa shape index (κ2) is 6.59. The molecule has 9 heteroatoms. The first-order valence-corrected chi connectivity index (χ1v) is 8.71. The molecule has 0 spiro atoms. The number of nitrogens with zero attached hydrogens (tertiary/aromatic N) is 3. The number of aliphatic hydroxyl groups is 1. The average Bonchev–Trinajstić information content (AvgIpc) is 2.60. The number of rotatable bonds is 3. The van der Waals surface area contributed by atoms with Gasteiger partial charge in [-0.25, -0.2) is 0 Å². The molecule has 146 valence electrons. The number of alkyl halides is 3. The van der Waals surface area contributed by atoms with Gasteiger partial charge in [-0.3, -0.25) is 4.98 Å². The number of aliphatic hydroxyl groups excluding tert-OH is 1. The van der Waals surface area contributed by atoms with Crippen LogP contribution in [0.1, 0.15) is 24.0 Å². The normalized spacial score (nSPS) is 19.5. The fourth-order valence-electron chi connectivity index (χ4n) is 3.41. The van der Waals surface area contributed by atoms with E-state index >= 15 is 0 Å². The van der Waals surface area contributed by atoms with Crippen molar-refractivity contribution in [1.29, 1.82) is 0 Å². The number of halogens is 3.